The smallest absolute Gasteiger partial charge is 0.157 e. The number of pyridine rings is 1. The summed E-state index contributed by atoms with van der Waals surface area (Å²) < 4.78 is 1.80. The van der Waals surface area contributed by atoms with Crippen molar-refractivity contribution in [3.63, 3.8) is 0 Å². The van der Waals surface area contributed by atoms with Crippen molar-refractivity contribution >= 4 is 11.0 Å². The Bertz CT molecular complexity index is 574. The van der Waals surface area contributed by atoms with Crippen LogP contribution in [0.3, 0.4) is 0 Å². The Balaban J connectivity index is 2.08. The van der Waals surface area contributed by atoms with Crippen LogP contribution < -0.4 is 5.32 Å². The highest BCUT2D eigenvalue weighted by molar-refractivity contribution is 5.78. The molecule has 2 N–H and O–H groups in total. The summed E-state index contributed by atoms with van der Waals surface area (Å²) in [6.07, 6.45) is 2.59. The number of hydrogen-bond donors (Lipinski definition) is 2. The Hall–Kier alpha value is -1.46. The zero-order valence-electron chi connectivity index (χ0n) is 12.1. The monoisotopic (exact) mass is 262 g/mol. The first kappa shape index (κ1) is 14.0. The fraction of sp³-hybridized carbons (Fsp3) is 0.571. The van der Waals surface area contributed by atoms with Gasteiger partial charge in [0, 0.05) is 31.7 Å². The summed E-state index contributed by atoms with van der Waals surface area (Å²) in [6, 6.07) is 2.11. The van der Waals surface area contributed by atoms with E-state index in [-0.39, 0.29) is 0 Å². The van der Waals surface area contributed by atoms with E-state index in [2.05, 4.69) is 21.5 Å². The van der Waals surface area contributed by atoms with Crippen LogP contribution in [0.25, 0.3) is 11.0 Å². The molecule has 5 nitrogen and oxygen atoms in total. The molecule has 19 heavy (non-hydrogen) atoms. The summed E-state index contributed by atoms with van der Waals surface area (Å²) in [6.45, 7) is 7.09. The summed E-state index contributed by atoms with van der Waals surface area (Å²) in [5, 5.41) is 18.6. The van der Waals surface area contributed by atoms with Crippen LogP contribution in [0.2, 0.25) is 0 Å². The topological polar surface area (TPSA) is 63.0 Å². The molecule has 0 saturated carbocycles. The van der Waals surface area contributed by atoms with Crippen LogP contribution in [-0.2, 0) is 13.6 Å². The maximum Gasteiger partial charge on any atom is 0.157 e. The highest BCUT2D eigenvalue weighted by Crippen LogP contribution is 2.16. The van der Waals surface area contributed by atoms with Gasteiger partial charge in [-0.2, -0.15) is 5.10 Å². The average Bonchev–Trinajstić information content (AvgIpc) is 2.65. The second kappa shape index (κ2) is 5.27. The van der Waals surface area contributed by atoms with Crippen LogP contribution in [0.15, 0.2) is 12.3 Å². The molecule has 0 fully saturated rings. The van der Waals surface area contributed by atoms with Crippen molar-refractivity contribution in [1.29, 1.82) is 0 Å². The van der Waals surface area contributed by atoms with Crippen molar-refractivity contribution in [3.05, 3.63) is 23.5 Å². The Labute approximate surface area is 113 Å². The summed E-state index contributed by atoms with van der Waals surface area (Å²) in [5.74, 6) is 0. The highest BCUT2D eigenvalue weighted by Gasteiger charge is 2.16. The van der Waals surface area contributed by atoms with Crippen LogP contribution in [0.4, 0.5) is 0 Å². The fourth-order valence-corrected chi connectivity index (χ4v) is 2.05. The molecule has 0 aliphatic heterocycles. The Morgan fingerprint density at radius 1 is 1.47 bits per heavy atom. The summed E-state index contributed by atoms with van der Waals surface area (Å²) in [7, 11) is 1.90. The molecule has 0 amide bonds. The Morgan fingerprint density at radius 3 is 2.89 bits per heavy atom. The van der Waals surface area contributed by atoms with Gasteiger partial charge < -0.3 is 10.4 Å². The minimum Gasteiger partial charge on any atom is -0.389 e. The predicted molar refractivity (Wildman–Crippen MR) is 75.9 cm³/mol. The number of hydrogen-bond acceptors (Lipinski definition) is 4. The third kappa shape index (κ3) is 3.11. The van der Waals surface area contributed by atoms with E-state index in [1.54, 1.807) is 4.68 Å². The van der Waals surface area contributed by atoms with Gasteiger partial charge in [-0.25, -0.2) is 4.98 Å². The molecule has 2 heterocycles. The molecule has 2 rings (SSSR count). The SMILES string of the molecule is CCC(C)(O)CNCc1cnc2c(c1)c(C)nn2C. The number of aromatic nitrogens is 3. The second-order valence-electron chi connectivity index (χ2n) is 5.38. The van der Waals surface area contributed by atoms with Crippen molar-refractivity contribution in [3.8, 4) is 0 Å². The number of fused-ring (bicyclic) bond motifs is 1. The molecule has 0 spiro atoms. The molecule has 0 radical (unpaired) electrons. The molecule has 0 aliphatic rings. The van der Waals surface area contributed by atoms with E-state index < -0.39 is 5.60 Å². The third-order valence-corrected chi connectivity index (χ3v) is 3.52. The van der Waals surface area contributed by atoms with Gasteiger partial charge in [-0.05, 0) is 31.9 Å². The Kier molecular flexibility index (Phi) is 3.87. The molecule has 2 aromatic rings. The largest absolute Gasteiger partial charge is 0.389 e. The van der Waals surface area contributed by atoms with Crippen molar-refractivity contribution in [2.45, 2.75) is 39.3 Å². The van der Waals surface area contributed by atoms with Crippen molar-refractivity contribution in [1.82, 2.24) is 20.1 Å². The van der Waals surface area contributed by atoms with Gasteiger partial charge in [0.15, 0.2) is 5.65 Å². The molecule has 1 atom stereocenters. The van der Waals surface area contributed by atoms with Crippen LogP contribution >= 0.6 is 0 Å². The molecular weight excluding hydrogens is 240 g/mol. The zero-order chi connectivity index (χ0) is 14.0. The van der Waals surface area contributed by atoms with E-state index in [1.807, 2.05) is 34.0 Å². The van der Waals surface area contributed by atoms with Gasteiger partial charge in [0.25, 0.3) is 0 Å². The second-order valence-corrected chi connectivity index (χ2v) is 5.38. The summed E-state index contributed by atoms with van der Waals surface area (Å²) in [5.41, 5.74) is 2.35. The summed E-state index contributed by atoms with van der Waals surface area (Å²) in [4.78, 5) is 4.43. The minimum absolute atomic E-state index is 0.577. The first-order valence-corrected chi connectivity index (χ1v) is 6.64. The van der Waals surface area contributed by atoms with E-state index in [4.69, 9.17) is 0 Å². The molecule has 1 unspecified atom stereocenters. The zero-order valence-corrected chi connectivity index (χ0v) is 12.1. The minimum atomic E-state index is -0.651. The third-order valence-electron chi connectivity index (χ3n) is 3.52. The quantitative estimate of drug-likeness (QED) is 0.857. The lowest BCUT2D eigenvalue weighted by Crippen LogP contribution is -2.36. The number of nitrogens with zero attached hydrogens (tertiary/aromatic N) is 3. The number of aliphatic hydroxyl groups is 1. The first-order chi connectivity index (χ1) is 8.93. The predicted octanol–water partition coefficient (Wildman–Crippen LogP) is 1.53. The molecule has 0 bridgehead atoms. The normalized spacial score (nSPS) is 14.8. The van der Waals surface area contributed by atoms with Gasteiger partial charge >= 0.3 is 0 Å². The standard InChI is InChI=1S/C14H22N4O/c1-5-14(3,19)9-15-7-11-6-12-10(2)17-18(4)13(12)16-8-11/h6,8,15,19H,5,7,9H2,1-4H3. The molecule has 0 aromatic carbocycles. The maximum atomic E-state index is 9.93. The van der Waals surface area contributed by atoms with Crippen molar-refractivity contribution in [2.24, 2.45) is 7.05 Å². The van der Waals surface area contributed by atoms with Gasteiger partial charge in [-0.1, -0.05) is 6.92 Å². The maximum absolute atomic E-state index is 9.93. The molecule has 5 heteroatoms. The molecule has 104 valence electrons. The van der Waals surface area contributed by atoms with Gasteiger partial charge in [0.05, 0.1) is 11.3 Å². The van der Waals surface area contributed by atoms with E-state index >= 15 is 0 Å². The number of nitrogens with one attached hydrogen (secondary N) is 1. The lowest BCUT2D eigenvalue weighted by Gasteiger charge is -2.21. The van der Waals surface area contributed by atoms with Gasteiger partial charge in [0.2, 0.25) is 0 Å². The van der Waals surface area contributed by atoms with E-state index in [0.29, 0.717) is 13.1 Å². The average molecular weight is 262 g/mol. The van der Waals surface area contributed by atoms with Crippen molar-refractivity contribution < 1.29 is 5.11 Å². The van der Waals surface area contributed by atoms with Gasteiger partial charge in [-0.3, -0.25) is 4.68 Å². The van der Waals surface area contributed by atoms with Crippen LogP contribution in [0.1, 0.15) is 31.5 Å². The summed E-state index contributed by atoms with van der Waals surface area (Å²) >= 11 is 0. The van der Waals surface area contributed by atoms with E-state index in [1.165, 1.54) is 0 Å². The fourth-order valence-electron chi connectivity index (χ4n) is 2.05. The molecular formula is C14H22N4O. The van der Waals surface area contributed by atoms with Crippen LogP contribution in [0.5, 0.6) is 0 Å². The number of aryl methyl sites for hydroxylation is 2. The lowest BCUT2D eigenvalue weighted by atomic mass is 10.0. The first-order valence-electron chi connectivity index (χ1n) is 6.64. The molecule has 0 aliphatic carbocycles. The van der Waals surface area contributed by atoms with Gasteiger partial charge in [-0.15, -0.1) is 0 Å². The van der Waals surface area contributed by atoms with Crippen LogP contribution in [0, 0.1) is 6.92 Å². The van der Waals surface area contributed by atoms with E-state index in [0.717, 1.165) is 28.7 Å². The highest BCUT2D eigenvalue weighted by atomic mass is 16.3. The lowest BCUT2D eigenvalue weighted by molar-refractivity contribution is 0.0555. The molecule has 2 aromatic heterocycles. The van der Waals surface area contributed by atoms with E-state index in [9.17, 15) is 5.11 Å². The van der Waals surface area contributed by atoms with Crippen LogP contribution in [-0.4, -0.2) is 32.0 Å². The Morgan fingerprint density at radius 2 is 2.21 bits per heavy atom. The number of rotatable bonds is 5. The van der Waals surface area contributed by atoms with Crippen molar-refractivity contribution in [2.75, 3.05) is 6.54 Å². The molecule has 0 saturated heterocycles. The van der Waals surface area contributed by atoms with Gasteiger partial charge in [0.1, 0.15) is 0 Å².